The molecule has 0 aliphatic heterocycles. The lowest BCUT2D eigenvalue weighted by Crippen LogP contribution is -1.90. The molecule has 110 valence electrons. The Morgan fingerprint density at radius 3 is 2.00 bits per heavy atom. The highest BCUT2D eigenvalue weighted by Crippen LogP contribution is 2.20. The summed E-state index contributed by atoms with van der Waals surface area (Å²) < 4.78 is 0. The average Bonchev–Trinajstić information content (AvgIpc) is 2.63. The van der Waals surface area contributed by atoms with Gasteiger partial charge in [0.2, 0.25) is 0 Å². The SMILES string of the molecule is N#Cc1ccc(-c2ccc(C=NNc3ccccc3)cc2)cc1. The van der Waals surface area contributed by atoms with E-state index in [1.54, 1.807) is 6.21 Å². The Morgan fingerprint density at radius 2 is 1.39 bits per heavy atom. The number of rotatable bonds is 4. The van der Waals surface area contributed by atoms with Gasteiger partial charge in [-0.15, -0.1) is 0 Å². The fourth-order valence-corrected chi connectivity index (χ4v) is 2.19. The van der Waals surface area contributed by atoms with E-state index in [0.717, 1.165) is 22.4 Å². The van der Waals surface area contributed by atoms with Crippen LogP contribution >= 0.6 is 0 Å². The quantitative estimate of drug-likeness (QED) is 0.562. The third kappa shape index (κ3) is 3.84. The topological polar surface area (TPSA) is 48.2 Å². The molecule has 0 spiro atoms. The molecular formula is C20H15N3. The van der Waals surface area contributed by atoms with Crippen molar-refractivity contribution in [3.63, 3.8) is 0 Å². The zero-order chi connectivity index (χ0) is 15.9. The van der Waals surface area contributed by atoms with Gasteiger partial charge in [-0.25, -0.2) is 0 Å². The highest BCUT2D eigenvalue weighted by molar-refractivity contribution is 5.81. The van der Waals surface area contributed by atoms with Gasteiger partial charge < -0.3 is 0 Å². The van der Waals surface area contributed by atoms with E-state index < -0.39 is 0 Å². The number of nitrogens with zero attached hydrogens (tertiary/aromatic N) is 2. The van der Waals surface area contributed by atoms with Crippen LogP contribution in [-0.4, -0.2) is 6.21 Å². The lowest BCUT2D eigenvalue weighted by Gasteiger charge is -2.02. The molecule has 0 atom stereocenters. The maximum atomic E-state index is 8.83. The number of para-hydroxylation sites is 1. The van der Waals surface area contributed by atoms with Gasteiger partial charge in [-0.2, -0.15) is 10.4 Å². The van der Waals surface area contributed by atoms with Crippen LogP contribution in [0.15, 0.2) is 84.0 Å². The van der Waals surface area contributed by atoms with Crippen LogP contribution in [0.1, 0.15) is 11.1 Å². The third-order valence-corrected chi connectivity index (χ3v) is 3.44. The maximum absolute atomic E-state index is 8.83. The van der Waals surface area contributed by atoms with Crippen molar-refractivity contribution in [3.8, 4) is 17.2 Å². The Kier molecular flexibility index (Phi) is 4.47. The van der Waals surface area contributed by atoms with E-state index in [4.69, 9.17) is 5.26 Å². The van der Waals surface area contributed by atoms with Crippen LogP contribution in [0.3, 0.4) is 0 Å². The molecule has 1 N–H and O–H groups in total. The number of benzene rings is 3. The van der Waals surface area contributed by atoms with E-state index in [1.165, 1.54) is 0 Å². The second kappa shape index (κ2) is 7.06. The van der Waals surface area contributed by atoms with Crippen molar-refractivity contribution < 1.29 is 0 Å². The van der Waals surface area contributed by atoms with Gasteiger partial charge in [-0.05, 0) is 41.0 Å². The average molecular weight is 297 g/mol. The third-order valence-electron chi connectivity index (χ3n) is 3.44. The van der Waals surface area contributed by atoms with Crippen molar-refractivity contribution in [2.24, 2.45) is 5.10 Å². The van der Waals surface area contributed by atoms with E-state index in [2.05, 4.69) is 16.6 Å². The summed E-state index contributed by atoms with van der Waals surface area (Å²) in [6.07, 6.45) is 1.79. The van der Waals surface area contributed by atoms with Crippen LogP contribution in [0, 0.1) is 11.3 Å². The Hall–Kier alpha value is -3.38. The normalized spacial score (nSPS) is 10.4. The summed E-state index contributed by atoms with van der Waals surface area (Å²) in [6, 6.07) is 27.6. The van der Waals surface area contributed by atoms with Crippen molar-refractivity contribution in [3.05, 3.63) is 90.0 Å². The molecule has 23 heavy (non-hydrogen) atoms. The second-order valence-corrected chi connectivity index (χ2v) is 5.05. The van der Waals surface area contributed by atoms with Gasteiger partial charge in [0.25, 0.3) is 0 Å². The fourth-order valence-electron chi connectivity index (χ4n) is 2.19. The molecule has 3 aromatic carbocycles. The first-order chi connectivity index (χ1) is 11.3. The van der Waals surface area contributed by atoms with Crippen molar-refractivity contribution in [1.82, 2.24) is 0 Å². The summed E-state index contributed by atoms with van der Waals surface area (Å²) in [5.74, 6) is 0. The van der Waals surface area contributed by atoms with E-state index in [0.29, 0.717) is 5.56 Å². The van der Waals surface area contributed by atoms with Crippen LogP contribution in [0.25, 0.3) is 11.1 Å². The number of anilines is 1. The van der Waals surface area contributed by atoms with E-state index in [9.17, 15) is 0 Å². The van der Waals surface area contributed by atoms with Crippen LogP contribution in [0.2, 0.25) is 0 Å². The van der Waals surface area contributed by atoms with Gasteiger partial charge in [0.1, 0.15) is 0 Å². The number of hydrogen-bond acceptors (Lipinski definition) is 3. The molecule has 0 radical (unpaired) electrons. The lowest BCUT2D eigenvalue weighted by atomic mass is 10.0. The number of hydrazone groups is 1. The first-order valence-corrected chi connectivity index (χ1v) is 7.30. The van der Waals surface area contributed by atoms with Gasteiger partial charge in [0.05, 0.1) is 23.5 Å². The van der Waals surface area contributed by atoms with Crippen LogP contribution in [0.5, 0.6) is 0 Å². The highest BCUT2D eigenvalue weighted by Gasteiger charge is 1.98. The zero-order valence-corrected chi connectivity index (χ0v) is 12.5. The minimum absolute atomic E-state index is 0.671. The summed E-state index contributed by atoms with van der Waals surface area (Å²) in [7, 11) is 0. The van der Waals surface area contributed by atoms with E-state index in [-0.39, 0.29) is 0 Å². The molecule has 3 nitrogen and oxygen atoms in total. The Labute approximate surface area is 135 Å². The molecule has 0 unspecified atom stereocenters. The standard InChI is InChI=1S/C20H15N3/c21-14-16-6-10-18(11-7-16)19-12-8-17(9-13-19)15-22-23-20-4-2-1-3-5-20/h1-13,15,23H. The second-order valence-electron chi connectivity index (χ2n) is 5.05. The van der Waals surface area contributed by atoms with Crippen LogP contribution in [0.4, 0.5) is 5.69 Å². The molecule has 3 heteroatoms. The number of nitriles is 1. The molecule has 0 fully saturated rings. The molecule has 0 aliphatic rings. The van der Waals surface area contributed by atoms with Gasteiger partial charge in [0.15, 0.2) is 0 Å². The summed E-state index contributed by atoms with van der Waals surface area (Å²) in [5, 5.41) is 13.1. The lowest BCUT2D eigenvalue weighted by molar-refractivity contribution is 1.35. The summed E-state index contributed by atoms with van der Waals surface area (Å²) in [5.41, 5.74) is 7.84. The molecule has 0 saturated carbocycles. The molecule has 0 heterocycles. The van der Waals surface area contributed by atoms with Crippen LogP contribution in [-0.2, 0) is 0 Å². The van der Waals surface area contributed by atoms with Crippen molar-refractivity contribution in [1.29, 1.82) is 5.26 Å². The molecular weight excluding hydrogens is 282 g/mol. The van der Waals surface area contributed by atoms with Gasteiger partial charge >= 0.3 is 0 Å². The Morgan fingerprint density at radius 1 is 0.783 bits per heavy atom. The molecule has 3 aromatic rings. The summed E-state index contributed by atoms with van der Waals surface area (Å²) >= 11 is 0. The maximum Gasteiger partial charge on any atom is 0.0991 e. The molecule has 0 amide bonds. The Bertz CT molecular complexity index is 827. The largest absolute Gasteiger partial charge is 0.279 e. The molecule has 0 saturated heterocycles. The summed E-state index contributed by atoms with van der Waals surface area (Å²) in [4.78, 5) is 0. The molecule has 0 bridgehead atoms. The van der Waals surface area contributed by atoms with Gasteiger partial charge in [0, 0.05) is 0 Å². The predicted molar refractivity (Wildman–Crippen MR) is 94.3 cm³/mol. The highest BCUT2D eigenvalue weighted by atomic mass is 15.3. The minimum Gasteiger partial charge on any atom is -0.279 e. The molecule has 3 rings (SSSR count). The predicted octanol–water partition coefficient (Wildman–Crippen LogP) is 4.67. The van der Waals surface area contributed by atoms with Crippen LogP contribution < -0.4 is 5.43 Å². The monoisotopic (exact) mass is 297 g/mol. The number of nitrogens with one attached hydrogen (secondary N) is 1. The van der Waals surface area contributed by atoms with Crippen molar-refractivity contribution in [2.75, 3.05) is 5.43 Å². The zero-order valence-electron chi connectivity index (χ0n) is 12.5. The van der Waals surface area contributed by atoms with E-state index >= 15 is 0 Å². The van der Waals surface area contributed by atoms with Gasteiger partial charge in [-0.1, -0.05) is 54.6 Å². The van der Waals surface area contributed by atoms with Crippen molar-refractivity contribution in [2.45, 2.75) is 0 Å². The smallest absolute Gasteiger partial charge is 0.0991 e. The summed E-state index contributed by atoms with van der Waals surface area (Å²) in [6.45, 7) is 0. The van der Waals surface area contributed by atoms with Crippen molar-refractivity contribution >= 4 is 11.9 Å². The molecule has 0 aliphatic carbocycles. The first-order valence-electron chi connectivity index (χ1n) is 7.30. The van der Waals surface area contributed by atoms with Gasteiger partial charge in [-0.3, -0.25) is 5.43 Å². The minimum atomic E-state index is 0.671. The number of hydrogen-bond donors (Lipinski definition) is 1. The first kappa shape index (κ1) is 14.6. The molecule has 0 aromatic heterocycles. The van der Waals surface area contributed by atoms with E-state index in [1.807, 2.05) is 78.9 Å². The fraction of sp³-hybridized carbons (Fsp3) is 0. The Balaban J connectivity index is 1.68.